The topological polar surface area (TPSA) is 102 Å². The quantitative estimate of drug-likeness (QED) is 0.139. The lowest BCUT2D eigenvalue weighted by atomic mass is 10.0. The molecule has 6 heterocycles. The minimum absolute atomic E-state index is 0.251. The standard InChI is InChI=1S/C38H36Cl2N8O/c39-33-29(5-3-7-31(33)45-37-35-26(9-12-41-37)17-24(19-43-35)21-47-14-1-2-15-47)30-6-4-8-32(34(30)40)46-38-36-27(10-13-42-38)18-25(20-44-36)22-48-16-11-28(49)23-48/h3-10,12-13,17-20,28,49H,1-2,11,14-16,21-23H2,(H,41,45)(H,42,46). The van der Waals surface area contributed by atoms with E-state index in [4.69, 9.17) is 33.2 Å². The van der Waals surface area contributed by atoms with E-state index < -0.39 is 0 Å². The smallest absolute Gasteiger partial charge is 0.156 e. The number of aliphatic hydroxyl groups is 1. The molecule has 0 amide bonds. The van der Waals surface area contributed by atoms with E-state index in [0.29, 0.717) is 39.6 Å². The Bertz CT molecular complexity index is 2160. The summed E-state index contributed by atoms with van der Waals surface area (Å²) in [4.78, 5) is 23.5. The first-order valence-electron chi connectivity index (χ1n) is 16.7. The molecule has 1 unspecified atom stereocenters. The molecule has 2 saturated heterocycles. The van der Waals surface area contributed by atoms with Gasteiger partial charge in [0.05, 0.1) is 27.5 Å². The molecule has 1 atom stereocenters. The summed E-state index contributed by atoms with van der Waals surface area (Å²) in [6.45, 7) is 5.52. The Balaban J connectivity index is 1.04. The molecule has 2 aliphatic rings. The minimum atomic E-state index is -0.251. The van der Waals surface area contributed by atoms with Crippen molar-refractivity contribution in [3.8, 4) is 11.1 Å². The summed E-state index contributed by atoms with van der Waals surface area (Å²) in [6.07, 6.45) is 10.5. The lowest BCUT2D eigenvalue weighted by molar-refractivity contribution is 0.175. The fourth-order valence-electron chi connectivity index (χ4n) is 6.91. The van der Waals surface area contributed by atoms with Crippen LogP contribution in [0.3, 0.4) is 0 Å². The third-order valence-corrected chi connectivity index (χ3v) is 10.2. The maximum atomic E-state index is 9.90. The highest BCUT2D eigenvalue weighted by atomic mass is 35.5. The molecule has 4 aromatic heterocycles. The van der Waals surface area contributed by atoms with Gasteiger partial charge in [0.2, 0.25) is 0 Å². The number of benzene rings is 2. The van der Waals surface area contributed by atoms with E-state index in [1.165, 1.54) is 18.4 Å². The molecular formula is C38H36Cl2N8O. The number of aromatic nitrogens is 4. The zero-order valence-corrected chi connectivity index (χ0v) is 28.4. The van der Waals surface area contributed by atoms with Crippen LogP contribution in [0.4, 0.5) is 23.0 Å². The second-order valence-corrected chi connectivity index (χ2v) is 13.7. The lowest BCUT2D eigenvalue weighted by Gasteiger charge is -2.17. The first-order valence-corrected chi connectivity index (χ1v) is 17.5. The van der Waals surface area contributed by atoms with Gasteiger partial charge >= 0.3 is 0 Å². The number of nitrogens with one attached hydrogen (secondary N) is 2. The lowest BCUT2D eigenvalue weighted by Crippen LogP contribution is -2.21. The van der Waals surface area contributed by atoms with Gasteiger partial charge in [-0.15, -0.1) is 0 Å². The molecule has 8 rings (SSSR count). The van der Waals surface area contributed by atoms with Gasteiger partial charge in [-0.2, -0.15) is 0 Å². The van der Waals surface area contributed by atoms with E-state index in [-0.39, 0.29) is 6.10 Å². The Morgan fingerprint density at radius 3 is 1.71 bits per heavy atom. The second kappa shape index (κ2) is 13.9. The predicted molar refractivity (Wildman–Crippen MR) is 198 cm³/mol. The van der Waals surface area contributed by atoms with Gasteiger partial charge in [-0.05, 0) is 79.9 Å². The molecule has 9 nitrogen and oxygen atoms in total. The molecule has 0 aliphatic carbocycles. The number of β-amino-alcohol motifs (C(OH)–C–C–N with tert-alkyl or cyclic N) is 1. The highest BCUT2D eigenvalue weighted by Crippen LogP contribution is 2.42. The largest absolute Gasteiger partial charge is 0.392 e. The average molecular weight is 692 g/mol. The van der Waals surface area contributed by atoms with Crippen molar-refractivity contribution in [2.45, 2.75) is 38.5 Å². The Kier molecular flexibility index (Phi) is 9.01. The number of pyridine rings is 4. The number of fused-ring (bicyclic) bond motifs is 2. The Morgan fingerprint density at radius 2 is 1.20 bits per heavy atom. The summed E-state index contributed by atoms with van der Waals surface area (Å²) in [6, 6.07) is 19.9. The highest BCUT2D eigenvalue weighted by Gasteiger charge is 2.21. The molecule has 2 fully saturated rings. The van der Waals surface area contributed by atoms with E-state index >= 15 is 0 Å². The van der Waals surface area contributed by atoms with E-state index in [1.54, 1.807) is 12.4 Å². The van der Waals surface area contributed by atoms with Crippen LogP contribution in [0.2, 0.25) is 10.0 Å². The Morgan fingerprint density at radius 1 is 0.673 bits per heavy atom. The van der Waals surface area contributed by atoms with Crippen LogP contribution in [0.25, 0.3) is 32.9 Å². The monoisotopic (exact) mass is 690 g/mol. The Labute approximate surface area is 295 Å². The SMILES string of the molecule is OC1CCN(Cc2cnc3c(Nc4cccc(-c5cccc(Nc6nccc7cc(CN8CCCC8)cnc67)c5Cl)c4Cl)nccc3c2)C1. The first-order chi connectivity index (χ1) is 24.0. The van der Waals surface area contributed by atoms with Gasteiger partial charge in [0.15, 0.2) is 11.6 Å². The number of hydrogen-bond acceptors (Lipinski definition) is 9. The average Bonchev–Trinajstić information content (AvgIpc) is 3.78. The molecule has 3 N–H and O–H groups in total. The molecule has 0 radical (unpaired) electrons. The fraction of sp³-hybridized carbons (Fsp3) is 0.263. The van der Waals surface area contributed by atoms with Gasteiger partial charge in [0, 0.05) is 72.9 Å². The molecule has 6 aromatic rings. The second-order valence-electron chi connectivity index (χ2n) is 12.9. The maximum Gasteiger partial charge on any atom is 0.156 e. The van der Waals surface area contributed by atoms with Crippen molar-refractivity contribution in [3.63, 3.8) is 0 Å². The predicted octanol–water partition coefficient (Wildman–Crippen LogP) is 8.20. The number of anilines is 4. The van der Waals surface area contributed by atoms with Gasteiger partial charge in [0.25, 0.3) is 0 Å². The summed E-state index contributed by atoms with van der Waals surface area (Å²) in [5, 5.41) is 19.8. The molecule has 0 saturated carbocycles. The van der Waals surface area contributed by atoms with E-state index in [9.17, 15) is 5.11 Å². The third kappa shape index (κ3) is 6.77. The molecule has 248 valence electrons. The number of halogens is 2. The van der Waals surface area contributed by atoms with Crippen LogP contribution in [0.5, 0.6) is 0 Å². The van der Waals surface area contributed by atoms with Crippen LogP contribution in [0.15, 0.2) is 85.5 Å². The minimum Gasteiger partial charge on any atom is -0.392 e. The molecule has 2 aliphatic heterocycles. The number of likely N-dealkylation sites (tertiary alicyclic amines) is 2. The van der Waals surface area contributed by atoms with Crippen molar-refractivity contribution in [3.05, 3.63) is 107 Å². The molecule has 49 heavy (non-hydrogen) atoms. The van der Waals surface area contributed by atoms with E-state index in [2.05, 4.69) is 42.5 Å². The number of aliphatic hydroxyl groups excluding tert-OH is 1. The first kappa shape index (κ1) is 31.9. The van der Waals surface area contributed by atoms with Crippen molar-refractivity contribution in [2.75, 3.05) is 36.8 Å². The van der Waals surface area contributed by atoms with Gasteiger partial charge in [-0.25, -0.2) is 9.97 Å². The molecule has 2 aromatic carbocycles. The number of hydrogen-bond donors (Lipinski definition) is 3. The van der Waals surface area contributed by atoms with Gasteiger partial charge in [-0.3, -0.25) is 19.8 Å². The third-order valence-electron chi connectivity index (χ3n) is 9.36. The van der Waals surface area contributed by atoms with Crippen LogP contribution in [0.1, 0.15) is 30.4 Å². The zero-order valence-electron chi connectivity index (χ0n) is 26.9. The van der Waals surface area contributed by atoms with Crippen LogP contribution >= 0.6 is 23.2 Å². The van der Waals surface area contributed by atoms with Crippen molar-refractivity contribution in [1.29, 1.82) is 0 Å². The number of nitrogens with zero attached hydrogens (tertiary/aromatic N) is 6. The van der Waals surface area contributed by atoms with Gasteiger partial charge in [-0.1, -0.05) is 47.5 Å². The summed E-state index contributed by atoms with van der Waals surface area (Å²) < 4.78 is 0. The maximum absolute atomic E-state index is 9.90. The fourth-order valence-corrected chi connectivity index (χ4v) is 7.46. The summed E-state index contributed by atoms with van der Waals surface area (Å²) in [5.74, 6) is 1.25. The van der Waals surface area contributed by atoms with E-state index in [1.807, 2.05) is 60.9 Å². The molecule has 0 bridgehead atoms. The van der Waals surface area contributed by atoms with Crippen LogP contribution < -0.4 is 10.6 Å². The normalized spacial score (nSPS) is 16.9. The zero-order chi connectivity index (χ0) is 33.3. The number of rotatable bonds is 9. The van der Waals surface area contributed by atoms with Crippen LogP contribution in [-0.2, 0) is 13.1 Å². The summed E-state index contributed by atoms with van der Waals surface area (Å²) >= 11 is 14.1. The van der Waals surface area contributed by atoms with E-state index in [0.717, 1.165) is 77.6 Å². The Hall–Kier alpha value is -4.38. The van der Waals surface area contributed by atoms with Crippen molar-refractivity contribution in [2.24, 2.45) is 0 Å². The van der Waals surface area contributed by atoms with Gasteiger partial charge < -0.3 is 15.7 Å². The highest BCUT2D eigenvalue weighted by molar-refractivity contribution is 6.39. The van der Waals surface area contributed by atoms with Crippen molar-refractivity contribution < 1.29 is 5.11 Å². The van der Waals surface area contributed by atoms with Crippen LogP contribution in [0, 0.1) is 0 Å². The van der Waals surface area contributed by atoms with Gasteiger partial charge in [0.1, 0.15) is 11.0 Å². The molecular weight excluding hydrogens is 655 g/mol. The summed E-state index contributed by atoms with van der Waals surface area (Å²) in [7, 11) is 0. The van der Waals surface area contributed by atoms with Crippen molar-refractivity contribution in [1.82, 2.24) is 29.7 Å². The molecule has 0 spiro atoms. The van der Waals surface area contributed by atoms with Crippen molar-refractivity contribution >= 4 is 68.0 Å². The van der Waals surface area contributed by atoms with Crippen LogP contribution in [-0.4, -0.2) is 67.1 Å². The molecule has 11 heteroatoms. The summed E-state index contributed by atoms with van der Waals surface area (Å²) in [5.41, 5.74) is 6.79.